The van der Waals surface area contributed by atoms with Gasteiger partial charge >= 0.3 is 0 Å². The van der Waals surface area contributed by atoms with Crippen molar-refractivity contribution in [2.75, 3.05) is 39.8 Å². The maximum atomic E-state index is 5.96. The number of benzene rings is 2. The van der Waals surface area contributed by atoms with Gasteiger partial charge in [0.1, 0.15) is 0 Å². The van der Waals surface area contributed by atoms with Crippen molar-refractivity contribution in [3.63, 3.8) is 0 Å². The second-order valence-corrected chi connectivity index (χ2v) is 7.01. The summed E-state index contributed by atoms with van der Waals surface area (Å²) in [6.07, 6.45) is 2.35. The van der Waals surface area contributed by atoms with Gasteiger partial charge in [-0.3, -0.25) is 4.90 Å². The van der Waals surface area contributed by atoms with E-state index < -0.39 is 0 Å². The van der Waals surface area contributed by atoms with Crippen molar-refractivity contribution in [2.45, 2.75) is 6.92 Å². The Labute approximate surface area is 150 Å². The third-order valence-electron chi connectivity index (χ3n) is 4.77. The number of allylic oxidation sites excluding steroid dienone is 1. The Kier molecular flexibility index (Phi) is 5.72. The third-order valence-corrected chi connectivity index (χ3v) is 5.02. The second kappa shape index (κ2) is 7.98. The normalized spacial score (nSPS) is 17.2. The average molecular weight is 341 g/mol. The summed E-state index contributed by atoms with van der Waals surface area (Å²) in [7, 11) is 2.20. The fraction of sp³-hybridized carbons (Fsp3) is 0.333. The standard InChI is InChI=1S/C21H25ClN2/c1-17(11-12-24-15-13-23(2)14-16-24)18-3-5-19(6-4-18)20-7-9-21(22)10-8-20/h3-11H,12-16H2,1-2H3/b17-11-. The summed E-state index contributed by atoms with van der Waals surface area (Å²) in [5, 5.41) is 0.776. The van der Waals surface area contributed by atoms with Crippen molar-refractivity contribution in [2.24, 2.45) is 0 Å². The molecule has 2 nitrogen and oxygen atoms in total. The van der Waals surface area contributed by atoms with Crippen LogP contribution in [0.1, 0.15) is 12.5 Å². The first-order chi connectivity index (χ1) is 11.6. The lowest BCUT2D eigenvalue weighted by Crippen LogP contribution is -2.44. The quantitative estimate of drug-likeness (QED) is 0.798. The van der Waals surface area contributed by atoms with Crippen LogP contribution in [0.15, 0.2) is 54.6 Å². The van der Waals surface area contributed by atoms with E-state index >= 15 is 0 Å². The van der Waals surface area contributed by atoms with E-state index in [-0.39, 0.29) is 0 Å². The molecule has 0 amide bonds. The zero-order chi connectivity index (χ0) is 16.9. The van der Waals surface area contributed by atoms with E-state index in [1.165, 1.54) is 35.4 Å². The van der Waals surface area contributed by atoms with Crippen LogP contribution in [0.25, 0.3) is 16.7 Å². The summed E-state index contributed by atoms with van der Waals surface area (Å²) in [5.74, 6) is 0. The van der Waals surface area contributed by atoms with Gasteiger partial charge in [0, 0.05) is 37.7 Å². The van der Waals surface area contributed by atoms with Crippen molar-refractivity contribution in [1.29, 1.82) is 0 Å². The van der Waals surface area contributed by atoms with Gasteiger partial charge in [0.05, 0.1) is 0 Å². The van der Waals surface area contributed by atoms with Gasteiger partial charge in [-0.2, -0.15) is 0 Å². The number of halogens is 1. The number of likely N-dealkylation sites (N-methyl/N-ethyl adjacent to an activating group) is 1. The number of nitrogens with zero attached hydrogens (tertiary/aromatic N) is 2. The molecule has 0 aromatic heterocycles. The number of rotatable bonds is 4. The van der Waals surface area contributed by atoms with Gasteiger partial charge in [0.25, 0.3) is 0 Å². The summed E-state index contributed by atoms with van der Waals surface area (Å²) in [5.41, 5.74) is 5.06. The largest absolute Gasteiger partial charge is 0.304 e. The monoisotopic (exact) mass is 340 g/mol. The molecule has 3 rings (SSSR count). The first-order valence-electron chi connectivity index (χ1n) is 8.56. The zero-order valence-electron chi connectivity index (χ0n) is 14.5. The van der Waals surface area contributed by atoms with Crippen molar-refractivity contribution in [1.82, 2.24) is 9.80 Å². The van der Waals surface area contributed by atoms with Gasteiger partial charge in [-0.25, -0.2) is 0 Å². The molecular formula is C21H25ClN2. The molecule has 24 heavy (non-hydrogen) atoms. The lowest BCUT2D eigenvalue weighted by Gasteiger charge is -2.31. The van der Waals surface area contributed by atoms with Gasteiger partial charge in [0.15, 0.2) is 0 Å². The van der Waals surface area contributed by atoms with Crippen LogP contribution < -0.4 is 0 Å². The Balaban J connectivity index is 1.64. The lowest BCUT2D eigenvalue weighted by atomic mass is 10.0. The molecule has 1 aliphatic rings. The Hall–Kier alpha value is -1.61. The zero-order valence-corrected chi connectivity index (χ0v) is 15.3. The molecule has 0 N–H and O–H groups in total. The smallest absolute Gasteiger partial charge is 0.0406 e. The van der Waals surface area contributed by atoms with Crippen LogP contribution in [0.4, 0.5) is 0 Å². The van der Waals surface area contributed by atoms with E-state index in [1.54, 1.807) is 0 Å². The van der Waals surface area contributed by atoms with Gasteiger partial charge in [-0.1, -0.05) is 54.1 Å². The molecule has 0 radical (unpaired) electrons. The van der Waals surface area contributed by atoms with E-state index in [4.69, 9.17) is 11.6 Å². The van der Waals surface area contributed by atoms with Crippen LogP contribution in [-0.4, -0.2) is 49.6 Å². The number of hydrogen-bond donors (Lipinski definition) is 0. The van der Waals surface area contributed by atoms with Gasteiger partial charge < -0.3 is 4.90 Å². The predicted molar refractivity (Wildman–Crippen MR) is 104 cm³/mol. The van der Waals surface area contributed by atoms with Crippen LogP contribution in [0, 0.1) is 0 Å². The van der Waals surface area contributed by atoms with Gasteiger partial charge in [-0.15, -0.1) is 0 Å². The molecule has 1 heterocycles. The molecule has 2 aromatic carbocycles. The van der Waals surface area contributed by atoms with Crippen LogP contribution in [0.5, 0.6) is 0 Å². The average Bonchev–Trinajstić information content (AvgIpc) is 2.62. The molecular weight excluding hydrogens is 316 g/mol. The summed E-state index contributed by atoms with van der Waals surface area (Å²) in [4.78, 5) is 4.91. The minimum atomic E-state index is 0.776. The molecule has 1 aliphatic heterocycles. The van der Waals surface area contributed by atoms with Crippen LogP contribution in [0.3, 0.4) is 0 Å². The van der Waals surface area contributed by atoms with E-state index in [1.807, 2.05) is 12.1 Å². The van der Waals surface area contributed by atoms with Crippen LogP contribution in [0.2, 0.25) is 5.02 Å². The predicted octanol–water partition coefficient (Wildman–Crippen LogP) is 4.66. The molecule has 0 aliphatic carbocycles. The topological polar surface area (TPSA) is 6.48 Å². The molecule has 0 bridgehead atoms. The van der Waals surface area contributed by atoms with E-state index in [9.17, 15) is 0 Å². The minimum absolute atomic E-state index is 0.776. The van der Waals surface area contributed by atoms with Crippen LogP contribution in [-0.2, 0) is 0 Å². The Morgan fingerprint density at radius 2 is 1.46 bits per heavy atom. The highest BCUT2D eigenvalue weighted by Gasteiger charge is 2.12. The summed E-state index contributed by atoms with van der Waals surface area (Å²) >= 11 is 5.96. The highest BCUT2D eigenvalue weighted by atomic mass is 35.5. The van der Waals surface area contributed by atoms with Crippen molar-refractivity contribution in [3.8, 4) is 11.1 Å². The summed E-state index contributed by atoms with van der Waals surface area (Å²) in [6.45, 7) is 7.91. The van der Waals surface area contributed by atoms with Gasteiger partial charge in [0.2, 0.25) is 0 Å². The first-order valence-corrected chi connectivity index (χ1v) is 8.93. The summed E-state index contributed by atoms with van der Waals surface area (Å²) in [6, 6.07) is 16.8. The highest BCUT2D eigenvalue weighted by molar-refractivity contribution is 6.30. The maximum absolute atomic E-state index is 5.96. The van der Waals surface area contributed by atoms with E-state index in [0.29, 0.717) is 0 Å². The SMILES string of the molecule is C/C(=C/CN1CCN(C)CC1)c1ccc(-c2ccc(Cl)cc2)cc1. The maximum Gasteiger partial charge on any atom is 0.0406 e. The molecule has 0 atom stereocenters. The Morgan fingerprint density at radius 3 is 2.04 bits per heavy atom. The molecule has 0 saturated carbocycles. The molecule has 126 valence electrons. The highest BCUT2D eigenvalue weighted by Crippen LogP contribution is 2.24. The molecule has 1 fully saturated rings. The Bertz CT molecular complexity index is 681. The Morgan fingerprint density at radius 1 is 0.917 bits per heavy atom. The van der Waals surface area contributed by atoms with Crippen molar-refractivity contribution in [3.05, 3.63) is 65.2 Å². The van der Waals surface area contributed by atoms with E-state index in [0.717, 1.165) is 24.7 Å². The second-order valence-electron chi connectivity index (χ2n) is 6.58. The minimum Gasteiger partial charge on any atom is -0.304 e. The fourth-order valence-electron chi connectivity index (χ4n) is 2.98. The molecule has 2 aromatic rings. The van der Waals surface area contributed by atoms with E-state index in [2.05, 4.69) is 66.2 Å². The van der Waals surface area contributed by atoms with Crippen LogP contribution >= 0.6 is 11.6 Å². The third kappa shape index (κ3) is 4.47. The first kappa shape index (κ1) is 17.2. The number of hydrogen-bond acceptors (Lipinski definition) is 2. The molecule has 3 heteroatoms. The van der Waals surface area contributed by atoms with Crippen molar-refractivity contribution >= 4 is 17.2 Å². The number of piperazine rings is 1. The summed E-state index contributed by atoms with van der Waals surface area (Å²) < 4.78 is 0. The molecule has 0 spiro atoms. The molecule has 1 saturated heterocycles. The fourth-order valence-corrected chi connectivity index (χ4v) is 3.11. The lowest BCUT2D eigenvalue weighted by molar-refractivity contribution is 0.166. The van der Waals surface area contributed by atoms with Gasteiger partial charge in [-0.05, 0) is 48.4 Å². The van der Waals surface area contributed by atoms with Crippen molar-refractivity contribution < 1.29 is 0 Å². The molecule has 0 unspecified atom stereocenters.